The topological polar surface area (TPSA) is 58.6 Å². The molecule has 6 heteroatoms. The van der Waals surface area contributed by atoms with Gasteiger partial charge in [0.05, 0.1) is 12.0 Å². The monoisotopic (exact) mass is 396 g/mol. The standard InChI is InChI=1S/C22H24N2O3S/c1-3-24(17-18-7-5-4-6-8-18)20-11-9-19(10-12-20)23-28(25,26)22-15-13-21(27-2)14-16-22/h4-16,23H,3,17H2,1-2H3. The molecule has 0 aliphatic heterocycles. The van der Waals surface area contributed by atoms with Crippen molar-refractivity contribution in [3.63, 3.8) is 0 Å². The number of benzene rings is 3. The lowest BCUT2D eigenvalue weighted by Gasteiger charge is -2.23. The Morgan fingerprint density at radius 3 is 2.11 bits per heavy atom. The van der Waals surface area contributed by atoms with E-state index in [2.05, 4.69) is 28.7 Å². The number of anilines is 2. The van der Waals surface area contributed by atoms with E-state index < -0.39 is 10.0 Å². The highest BCUT2D eigenvalue weighted by Gasteiger charge is 2.14. The lowest BCUT2D eigenvalue weighted by atomic mass is 10.2. The molecule has 0 fully saturated rings. The third kappa shape index (κ3) is 4.84. The summed E-state index contributed by atoms with van der Waals surface area (Å²) in [6.07, 6.45) is 0. The van der Waals surface area contributed by atoms with Crippen LogP contribution in [0.4, 0.5) is 11.4 Å². The van der Waals surface area contributed by atoms with Crippen molar-refractivity contribution in [1.29, 1.82) is 0 Å². The Morgan fingerprint density at radius 1 is 0.893 bits per heavy atom. The third-order valence-electron chi connectivity index (χ3n) is 4.45. The summed E-state index contributed by atoms with van der Waals surface area (Å²) in [5, 5.41) is 0. The van der Waals surface area contributed by atoms with Crippen LogP contribution in [0.3, 0.4) is 0 Å². The molecule has 28 heavy (non-hydrogen) atoms. The van der Waals surface area contributed by atoms with Crippen LogP contribution in [0.2, 0.25) is 0 Å². The van der Waals surface area contributed by atoms with Gasteiger partial charge < -0.3 is 9.64 Å². The van der Waals surface area contributed by atoms with Gasteiger partial charge in [-0.3, -0.25) is 4.72 Å². The van der Waals surface area contributed by atoms with E-state index in [9.17, 15) is 8.42 Å². The third-order valence-corrected chi connectivity index (χ3v) is 5.85. The van der Waals surface area contributed by atoms with Crippen molar-refractivity contribution in [2.75, 3.05) is 23.3 Å². The van der Waals surface area contributed by atoms with E-state index in [0.717, 1.165) is 18.8 Å². The Bertz CT molecular complexity index is 986. The normalized spacial score (nSPS) is 11.1. The van der Waals surface area contributed by atoms with Gasteiger partial charge in [-0.1, -0.05) is 30.3 Å². The predicted molar refractivity (Wildman–Crippen MR) is 113 cm³/mol. The fourth-order valence-electron chi connectivity index (χ4n) is 2.90. The van der Waals surface area contributed by atoms with Crippen LogP contribution in [0.15, 0.2) is 83.8 Å². The number of ether oxygens (including phenoxy) is 1. The maximum absolute atomic E-state index is 12.6. The molecule has 0 heterocycles. The SMILES string of the molecule is CCN(Cc1ccccc1)c1ccc(NS(=O)(=O)c2ccc(OC)cc2)cc1. The molecule has 0 aliphatic rings. The van der Waals surface area contributed by atoms with Gasteiger partial charge in [0.2, 0.25) is 0 Å². The summed E-state index contributed by atoms with van der Waals surface area (Å²) in [6, 6.07) is 24.0. The average Bonchev–Trinajstić information content (AvgIpc) is 2.73. The van der Waals surface area contributed by atoms with Crippen molar-refractivity contribution >= 4 is 21.4 Å². The number of nitrogens with one attached hydrogen (secondary N) is 1. The smallest absolute Gasteiger partial charge is 0.261 e. The maximum atomic E-state index is 12.6. The number of hydrogen-bond donors (Lipinski definition) is 1. The van der Waals surface area contributed by atoms with Gasteiger partial charge in [0, 0.05) is 24.5 Å². The molecule has 0 atom stereocenters. The first kappa shape index (κ1) is 19.8. The maximum Gasteiger partial charge on any atom is 0.261 e. The fraction of sp³-hybridized carbons (Fsp3) is 0.182. The molecule has 0 bridgehead atoms. The van der Waals surface area contributed by atoms with Crippen LogP contribution in [0.5, 0.6) is 5.75 Å². The van der Waals surface area contributed by atoms with E-state index in [0.29, 0.717) is 11.4 Å². The number of methoxy groups -OCH3 is 1. The van der Waals surface area contributed by atoms with Crippen LogP contribution in [0.1, 0.15) is 12.5 Å². The van der Waals surface area contributed by atoms with Crippen molar-refractivity contribution in [2.24, 2.45) is 0 Å². The van der Waals surface area contributed by atoms with Gasteiger partial charge in [0.15, 0.2) is 0 Å². The largest absolute Gasteiger partial charge is 0.497 e. The van der Waals surface area contributed by atoms with Gasteiger partial charge >= 0.3 is 0 Å². The molecule has 0 amide bonds. The van der Waals surface area contributed by atoms with E-state index in [-0.39, 0.29) is 4.90 Å². The zero-order valence-corrected chi connectivity index (χ0v) is 16.8. The molecule has 0 spiro atoms. The lowest BCUT2D eigenvalue weighted by molar-refractivity contribution is 0.414. The first-order valence-corrected chi connectivity index (χ1v) is 10.6. The van der Waals surface area contributed by atoms with Crippen molar-refractivity contribution in [1.82, 2.24) is 0 Å². The molecule has 0 aromatic heterocycles. The van der Waals surface area contributed by atoms with Crippen molar-refractivity contribution in [2.45, 2.75) is 18.4 Å². The molecule has 3 aromatic carbocycles. The minimum absolute atomic E-state index is 0.191. The fourth-order valence-corrected chi connectivity index (χ4v) is 3.96. The van der Waals surface area contributed by atoms with Gasteiger partial charge in [-0.25, -0.2) is 8.42 Å². The van der Waals surface area contributed by atoms with Crippen LogP contribution >= 0.6 is 0 Å². The molecular formula is C22H24N2O3S. The van der Waals surface area contributed by atoms with Gasteiger partial charge in [0.1, 0.15) is 5.75 Å². The summed E-state index contributed by atoms with van der Waals surface area (Å²) in [5.74, 6) is 0.612. The predicted octanol–water partition coefficient (Wildman–Crippen LogP) is 4.52. The highest BCUT2D eigenvalue weighted by atomic mass is 32.2. The van der Waals surface area contributed by atoms with Crippen LogP contribution in [0.25, 0.3) is 0 Å². The molecule has 0 radical (unpaired) electrons. The van der Waals surface area contributed by atoms with Gasteiger partial charge in [-0.05, 0) is 61.0 Å². The number of hydrogen-bond acceptors (Lipinski definition) is 4. The molecule has 0 saturated heterocycles. The first-order chi connectivity index (χ1) is 13.5. The summed E-state index contributed by atoms with van der Waals surface area (Å²) in [4.78, 5) is 2.42. The molecule has 0 unspecified atom stereocenters. The minimum atomic E-state index is -3.64. The van der Waals surface area contributed by atoms with Gasteiger partial charge in [0.25, 0.3) is 10.0 Å². The zero-order valence-electron chi connectivity index (χ0n) is 16.0. The number of sulfonamides is 1. The highest BCUT2D eigenvalue weighted by molar-refractivity contribution is 7.92. The van der Waals surface area contributed by atoms with Crippen LogP contribution in [0, 0.1) is 0 Å². The Kier molecular flexibility index (Phi) is 6.21. The molecule has 0 aliphatic carbocycles. The molecular weight excluding hydrogens is 372 g/mol. The zero-order chi connectivity index (χ0) is 20.0. The summed E-state index contributed by atoms with van der Waals surface area (Å²) in [6.45, 7) is 3.75. The minimum Gasteiger partial charge on any atom is -0.497 e. The Hall–Kier alpha value is -2.99. The van der Waals surface area contributed by atoms with E-state index in [1.165, 1.54) is 17.7 Å². The quantitative estimate of drug-likeness (QED) is 0.608. The van der Waals surface area contributed by atoms with Gasteiger partial charge in [-0.2, -0.15) is 0 Å². The van der Waals surface area contributed by atoms with E-state index in [1.807, 2.05) is 30.3 Å². The number of rotatable bonds is 8. The molecule has 1 N–H and O–H groups in total. The lowest BCUT2D eigenvalue weighted by Crippen LogP contribution is -2.22. The highest BCUT2D eigenvalue weighted by Crippen LogP contribution is 2.23. The van der Waals surface area contributed by atoms with Gasteiger partial charge in [-0.15, -0.1) is 0 Å². The van der Waals surface area contributed by atoms with Crippen molar-refractivity contribution in [3.8, 4) is 5.75 Å². The molecule has 0 saturated carbocycles. The average molecular weight is 397 g/mol. The van der Waals surface area contributed by atoms with Crippen LogP contribution in [-0.4, -0.2) is 22.1 Å². The van der Waals surface area contributed by atoms with E-state index in [4.69, 9.17) is 4.74 Å². The molecule has 5 nitrogen and oxygen atoms in total. The Balaban J connectivity index is 1.72. The Labute approximate surface area is 166 Å². The summed E-state index contributed by atoms with van der Waals surface area (Å²) >= 11 is 0. The second kappa shape index (κ2) is 8.80. The summed E-state index contributed by atoms with van der Waals surface area (Å²) in [5.41, 5.74) is 2.79. The second-order valence-corrected chi connectivity index (χ2v) is 8.01. The van der Waals surface area contributed by atoms with E-state index in [1.54, 1.807) is 31.4 Å². The van der Waals surface area contributed by atoms with Crippen molar-refractivity contribution < 1.29 is 13.2 Å². The number of nitrogens with zero attached hydrogens (tertiary/aromatic N) is 1. The van der Waals surface area contributed by atoms with Crippen molar-refractivity contribution in [3.05, 3.63) is 84.4 Å². The molecule has 3 rings (SSSR count). The van der Waals surface area contributed by atoms with Crippen LogP contribution in [-0.2, 0) is 16.6 Å². The van der Waals surface area contributed by atoms with Crippen LogP contribution < -0.4 is 14.4 Å². The first-order valence-electron chi connectivity index (χ1n) is 9.07. The summed E-state index contributed by atoms with van der Waals surface area (Å²) < 4.78 is 32.8. The summed E-state index contributed by atoms with van der Waals surface area (Å²) in [7, 11) is -2.10. The second-order valence-electron chi connectivity index (χ2n) is 6.33. The van der Waals surface area contributed by atoms with E-state index >= 15 is 0 Å². The molecule has 146 valence electrons. The molecule has 3 aromatic rings. The Morgan fingerprint density at radius 2 is 1.54 bits per heavy atom.